The number of anilines is 1. The molecule has 20 heavy (non-hydrogen) atoms. The van der Waals surface area contributed by atoms with Crippen LogP contribution in [-0.4, -0.2) is 18.3 Å². The quantitative estimate of drug-likeness (QED) is 0.686. The summed E-state index contributed by atoms with van der Waals surface area (Å²) < 4.78 is 39.0. The molecule has 1 aromatic carbocycles. The van der Waals surface area contributed by atoms with Crippen LogP contribution in [0.1, 0.15) is 0 Å². The van der Waals surface area contributed by atoms with E-state index in [0.29, 0.717) is 0 Å². The highest BCUT2D eigenvalue weighted by Gasteiger charge is 2.18. The molecule has 0 saturated heterocycles. The number of non-ortho nitro benzene ring substituents is 1. The fourth-order valence-electron chi connectivity index (χ4n) is 1.45. The van der Waals surface area contributed by atoms with Gasteiger partial charge >= 0.3 is 0 Å². The van der Waals surface area contributed by atoms with Crippen LogP contribution in [-0.2, 0) is 10.0 Å². The zero-order valence-corrected chi connectivity index (χ0v) is 10.7. The van der Waals surface area contributed by atoms with Crippen LogP contribution < -0.4 is 4.72 Å². The van der Waals surface area contributed by atoms with Gasteiger partial charge in [-0.05, 0) is 6.07 Å². The summed E-state index contributed by atoms with van der Waals surface area (Å²) in [4.78, 5) is 13.1. The van der Waals surface area contributed by atoms with E-state index in [2.05, 4.69) is 9.71 Å². The minimum absolute atomic E-state index is 0.0727. The van der Waals surface area contributed by atoms with Gasteiger partial charge in [-0.25, -0.2) is 12.8 Å². The number of rotatable bonds is 4. The van der Waals surface area contributed by atoms with Gasteiger partial charge in [0.15, 0.2) is 0 Å². The Kier molecular flexibility index (Phi) is 3.61. The molecule has 0 spiro atoms. The lowest BCUT2D eigenvalue weighted by atomic mass is 10.3. The maximum atomic E-state index is 12.9. The Morgan fingerprint density at radius 2 is 2.00 bits per heavy atom. The molecule has 104 valence electrons. The van der Waals surface area contributed by atoms with Crippen molar-refractivity contribution < 1.29 is 17.7 Å². The highest BCUT2D eigenvalue weighted by molar-refractivity contribution is 7.92. The van der Waals surface area contributed by atoms with Crippen molar-refractivity contribution >= 4 is 21.4 Å². The smallest absolute Gasteiger partial charge is 0.270 e. The van der Waals surface area contributed by atoms with Crippen LogP contribution >= 0.6 is 0 Å². The summed E-state index contributed by atoms with van der Waals surface area (Å²) in [6.45, 7) is 0. The van der Waals surface area contributed by atoms with Crippen LogP contribution in [0.2, 0.25) is 0 Å². The van der Waals surface area contributed by atoms with Gasteiger partial charge in [0.1, 0.15) is 5.82 Å². The number of nitrogens with one attached hydrogen (secondary N) is 1. The lowest BCUT2D eigenvalue weighted by molar-refractivity contribution is -0.385. The van der Waals surface area contributed by atoms with E-state index >= 15 is 0 Å². The van der Waals surface area contributed by atoms with Crippen LogP contribution in [0.4, 0.5) is 15.8 Å². The van der Waals surface area contributed by atoms with Crippen LogP contribution in [0, 0.1) is 15.9 Å². The first-order valence-corrected chi connectivity index (χ1v) is 6.74. The summed E-state index contributed by atoms with van der Waals surface area (Å²) in [5.74, 6) is -0.704. The number of nitrogens with zero attached hydrogens (tertiary/aromatic N) is 2. The summed E-state index contributed by atoms with van der Waals surface area (Å²) in [6.07, 6.45) is 2.04. The highest BCUT2D eigenvalue weighted by Crippen LogP contribution is 2.20. The van der Waals surface area contributed by atoms with Crippen molar-refractivity contribution in [1.29, 1.82) is 0 Å². The monoisotopic (exact) mass is 297 g/mol. The first-order chi connectivity index (χ1) is 9.38. The molecular formula is C11H8FN3O4S. The van der Waals surface area contributed by atoms with Crippen molar-refractivity contribution in [1.82, 2.24) is 4.98 Å². The molecule has 0 fully saturated rings. The normalized spacial score (nSPS) is 11.1. The van der Waals surface area contributed by atoms with Gasteiger partial charge in [-0.15, -0.1) is 0 Å². The lowest BCUT2D eigenvalue weighted by Crippen LogP contribution is -2.13. The average Bonchev–Trinajstić information content (AvgIpc) is 2.38. The molecule has 0 saturated carbocycles. The Morgan fingerprint density at radius 3 is 2.65 bits per heavy atom. The van der Waals surface area contributed by atoms with E-state index in [9.17, 15) is 22.9 Å². The Hall–Kier alpha value is -2.55. The summed E-state index contributed by atoms with van der Waals surface area (Å²) in [7, 11) is -4.05. The van der Waals surface area contributed by atoms with Crippen molar-refractivity contribution in [3.8, 4) is 0 Å². The molecule has 0 bridgehead atoms. The predicted octanol–water partition coefficient (Wildman–Crippen LogP) is 1.93. The second-order valence-electron chi connectivity index (χ2n) is 3.75. The van der Waals surface area contributed by atoms with Gasteiger partial charge in [-0.2, -0.15) is 0 Å². The van der Waals surface area contributed by atoms with E-state index in [1.807, 2.05) is 0 Å². The van der Waals surface area contributed by atoms with E-state index < -0.39 is 20.8 Å². The third-order valence-corrected chi connectivity index (χ3v) is 3.67. The zero-order valence-electron chi connectivity index (χ0n) is 9.86. The number of pyridine rings is 1. The summed E-state index contributed by atoms with van der Waals surface area (Å²) in [5.41, 5.74) is -0.429. The molecule has 0 radical (unpaired) electrons. The average molecular weight is 297 g/mol. The molecule has 0 aliphatic rings. The molecular weight excluding hydrogens is 289 g/mol. The SMILES string of the molecule is O=[N+]([O-])c1cccc(S(=O)(=O)Nc2cncc(F)c2)c1. The lowest BCUT2D eigenvalue weighted by Gasteiger charge is -2.07. The maximum absolute atomic E-state index is 12.9. The third-order valence-electron chi connectivity index (χ3n) is 2.30. The predicted molar refractivity (Wildman–Crippen MR) is 68.1 cm³/mol. The maximum Gasteiger partial charge on any atom is 0.270 e. The van der Waals surface area contributed by atoms with Gasteiger partial charge in [-0.1, -0.05) is 6.07 Å². The molecule has 2 rings (SSSR count). The van der Waals surface area contributed by atoms with Crippen LogP contribution in [0.5, 0.6) is 0 Å². The van der Waals surface area contributed by atoms with Gasteiger partial charge in [0.2, 0.25) is 0 Å². The minimum Gasteiger partial charge on any atom is -0.278 e. The molecule has 0 atom stereocenters. The first kappa shape index (κ1) is 13.9. The summed E-state index contributed by atoms with van der Waals surface area (Å²) in [6, 6.07) is 5.47. The molecule has 2 aromatic rings. The van der Waals surface area contributed by atoms with Crippen molar-refractivity contribution in [2.45, 2.75) is 4.90 Å². The van der Waals surface area contributed by atoms with E-state index in [-0.39, 0.29) is 16.3 Å². The molecule has 0 aliphatic heterocycles. The highest BCUT2D eigenvalue weighted by atomic mass is 32.2. The van der Waals surface area contributed by atoms with Crippen LogP contribution in [0.15, 0.2) is 47.6 Å². The van der Waals surface area contributed by atoms with Gasteiger partial charge in [0.05, 0.1) is 27.9 Å². The summed E-state index contributed by atoms with van der Waals surface area (Å²) in [5, 5.41) is 10.6. The van der Waals surface area contributed by atoms with Crippen molar-refractivity contribution in [3.05, 3.63) is 58.7 Å². The number of nitro groups is 1. The number of aromatic nitrogens is 1. The fourth-order valence-corrected chi connectivity index (χ4v) is 2.52. The Balaban J connectivity index is 2.35. The van der Waals surface area contributed by atoms with E-state index in [1.54, 1.807) is 0 Å². The van der Waals surface area contributed by atoms with Gasteiger partial charge < -0.3 is 0 Å². The van der Waals surface area contributed by atoms with Gasteiger partial charge in [-0.3, -0.25) is 19.8 Å². The third kappa shape index (κ3) is 3.06. The number of halogens is 1. The number of hydrogen-bond donors (Lipinski definition) is 1. The molecule has 0 unspecified atom stereocenters. The molecule has 9 heteroatoms. The van der Waals surface area contributed by atoms with Crippen molar-refractivity contribution in [2.75, 3.05) is 4.72 Å². The van der Waals surface area contributed by atoms with E-state index in [4.69, 9.17) is 0 Å². The first-order valence-electron chi connectivity index (χ1n) is 5.26. The number of benzene rings is 1. The second-order valence-corrected chi connectivity index (χ2v) is 5.43. The minimum atomic E-state index is -4.05. The van der Waals surface area contributed by atoms with Crippen molar-refractivity contribution in [3.63, 3.8) is 0 Å². The fraction of sp³-hybridized carbons (Fsp3) is 0. The second kappa shape index (κ2) is 5.21. The molecule has 1 aromatic heterocycles. The Bertz CT molecular complexity index is 764. The van der Waals surface area contributed by atoms with Crippen LogP contribution in [0.25, 0.3) is 0 Å². The zero-order chi connectivity index (χ0) is 14.8. The molecule has 7 nitrogen and oxygen atoms in total. The van der Waals surface area contributed by atoms with E-state index in [0.717, 1.165) is 24.5 Å². The molecule has 0 aliphatic carbocycles. The van der Waals surface area contributed by atoms with Crippen LogP contribution in [0.3, 0.4) is 0 Å². The summed E-state index contributed by atoms with van der Waals surface area (Å²) >= 11 is 0. The van der Waals surface area contributed by atoms with Crippen molar-refractivity contribution in [2.24, 2.45) is 0 Å². The largest absolute Gasteiger partial charge is 0.278 e. The Labute approximate surface area is 113 Å². The van der Waals surface area contributed by atoms with Gasteiger partial charge in [0.25, 0.3) is 15.7 Å². The standard InChI is InChI=1S/C11H8FN3O4S/c12-8-4-9(7-13-6-8)14-20(18,19)11-3-1-2-10(5-11)15(16)17/h1-7,14H. The van der Waals surface area contributed by atoms with Gasteiger partial charge in [0, 0.05) is 18.2 Å². The Morgan fingerprint density at radius 1 is 1.25 bits per heavy atom. The topological polar surface area (TPSA) is 102 Å². The molecule has 1 N–H and O–H groups in total. The number of nitro benzene ring substituents is 1. The number of hydrogen-bond acceptors (Lipinski definition) is 5. The molecule has 1 heterocycles. The number of sulfonamides is 1. The molecule has 0 amide bonds. The van der Waals surface area contributed by atoms with E-state index in [1.165, 1.54) is 18.2 Å².